The van der Waals surface area contributed by atoms with Gasteiger partial charge in [0.15, 0.2) is 0 Å². The van der Waals surface area contributed by atoms with Gasteiger partial charge in [0.05, 0.1) is 6.73 Å². The first kappa shape index (κ1) is 9.48. The molecule has 2 N–H and O–H groups in total. The van der Waals surface area contributed by atoms with Crippen molar-refractivity contribution >= 4 is 5.91 Å². The summed E-state index contributed by atoms with van der Waals surface area (Å²) in [6, 6.07) is 0. The Morgan fingerprint density at radius 1 is 1.50 bits per heavy atom. The molecule has 1 rings (SSSR count). The molecule has 0 heterocycles. The van der Waals surface area contributed by atoms with Crippen molar-refractivity contribution in [2.75, 3.05) is 20.8 Å². The second-order valence-electron chi connectivity index (χ2n) is 3.07. The van der Waals surface area contributed by atoms with Gasteiger partial charge in [-0.25, -0.2) is 0 Å². The lowest BCUT2D eigenvalue weighted by molar-refractivity contribution is -0.160. The zero-order valence-corrected chi connectivity index (χ0v) is 7.64. The molecule has 0 radical (unpaired) electrons. The number of likely N-dealkylation sites (N-methyl/N-ethyl adjacent to an activating group) is 1. The number of hydrogen-bond donors (Lipinski definition) is 2. The number of nitrogens with one attached hydrogen (secondary N) is 2. The molecule has 0 aromatic heterocycles. The van der Waals surface area contributed by atoms with Crippen LogP contribution in [0.25, 0.3) is 0 Å². The standard InChI is InChI=1S/C8H16N2O2/c1-9-6-12-8(4-3-5-8)7(11)10-2/h9H,3-6H2,1-2H3,(H,10,11). The second-order valence-corrected chi connectivity index (χ2v) is 3.07. The van der Waals surface area contributed by atoms with Crippen LogP contribution in [0, 0.1) is 0 Å². The minimum atomic E-state index is -0.530. The third kappa shape index (κ3) is 1.59. The van der Waals surface area contributed by atoms with Crippen LogP contribution >= 0.6 is 0 Å². The van der Waals surface area contributed by atoms with E-state index in [-0.39, 0.29) is 5.91 Å². The summed E-state index contributed by atoms with van der Waals surface area (Å²) in [6.07, 6.45) is 2.76. The maximum atomic E-state index is 11.4. The van der Waals surface area contributed by atoms with Crippen molar-refractivity contribution in [1.29, 1.82) is 0 Å². The minimum absolute atomic E-state index is 0.00370. The highest BCUT2D eigenvalue weighted by molar-refractivity contribution is 5.85. The van der Waals surface area contributed by atoms with Gasteiger partial charge < -0.3 is 10.1 Å². The third-order valence-electron chi connectivity index (χ3n) is 2.29. The maximum Gasteiger partial charge on any atom is 0.252 e. The van der Waals surface area contributed by atoms with Crippen LogP contribution in [-0.4, -0.2) is 32.3 Å². The SMILES string of the molecule is CNCOC1(C(=O)NC)CCC1. The number of hydrogen-bond acceptors (Lipinski definition) is 3. The van der Waals surface area contributed by atoms with E-state index in [9.17, 15) is 4.79 Å². The van der Waals surface area contributed by atoms with E-state index in [0.717, 1.165) is 19.3 Å². The lowest BCUT2D eigenvalue weighted by atomic mass is 9.79. The van der Waals surface area contributed by atoms with E-state index in [1.54, 1.807) is 14.1 Å². The molecule has 12 heavy (non-hydrogen) atoms. The first-order valence-electron chi connectivity index (χ1n) is 4.26. The molecule has 4 heteroatoms. The van der Waals surface area contributed by atoms with Crippen LogP contribution in [0.3, 0.4) is 0 Å². The van der Waals surface area contributed by atoms with Crippen molar-refractivity contribution in [2.45, 2.75) is 24.9 Å². The summed E-state index contributed by atoms with van der Waals surface area (Å²) < 4.78 is 5.44. The summed E-state index contributed by atoms with van der Waals surface area (Å²) in [5.74, 6) is 0.00370. The third-order valence-corrected chi connectivity index (χ3v) is 2.29. The van der Waals surface area contributed by atoms with E-state index in [1.807, 2.05) is 0 Å². The predicted molar refractivity (Wildman–Crippen MR) is 45.7 cm³/mol. The Balaban J connectivity index is 2.44. The van der Waals surface area contributed by atoms with Gasteiger partial charge in [0.1, 0.15) is 5.60 Å². The molecule has 0 bridgehead atoms. The number of carbonyl (C=O) groups excluding carboxylic acids is 1. The smallest absolute Gasteiger partial charge is 0.252 e. The van der Waals surface area contributed by atoms with E-state index >= 15 is 0 Å². The Kier molecular flexibility index (Phi) is 3.05. The molecule has 0 saturated heterocycles. The average Bonchev–Trinajstić information content (AvgIpc) is 2.02. The second kappa shape index (κ2) is 3.87. The van der Waals surface area contributed by atoms with Crippen molar-refractivity contribution in [3.05, 3.63) is 0 Å². The van der Waals surface area contributed by atoms with E-state index in [0.29, 0.717) is 6.73 Å². The number of rotatable bonds is 4. The van der Waals surface area contributed by atoms with Gasteiger partial charge in [-0.15, -0.1) is 0 Å². The Hall–Kier alpha value is -0.610. The fourth-order valence-electron chi connectivity index (χ4n) is 1.37. The van der Waals surface area contributed by atoms with E-state index in [4.69, 9.17) is 4.74 Å². The van der Waals surface area contributed by atoms with Crippen LogP contribution in [0.2, 0.25) is 0 Å². The zero-order valence-electron chi connectivity index (χ0n) is 7.64. The quantitative estimate of drug-likeness (QED) is 0.580. The normalized spacial score (nSPS) is 19.8. The molecule has 0 aromatic carbocycles. The number of ether oxygens (including phenoxy) is 1. The van der Waals surface area contributed by atoms with Crippen molar-refractivity contribution in [3.8, 4) is 0 Å². The molecule has 4 nitrogen and oxygen atoms in total. The topological polar surface area (TPSA) is 50.4 Å². The van der Waals surface area contributed by atoms with E-state index < -0.39 is 5.60 Å². The average molecular weight is 172 g/mol. The number of amides is 1. The van der Waals surface area contributed by atoms with Crippen LogP contribution in [-0.2, 0) is 9.53 Å². The van der Waals surface area contributed by atoms with Gasteiger partial charge >= 0.3 is 0 Å². The summed E-state index contributed by atoms with van der Waals surface area (Å²) in [5, 5.41) is 5.49. The van der Waals surface area contributed by atoms with Crippen molar-refractivity contribution in [1.82, 2.24) is 10.6 Å². The highest BCUT2D eigenvalue weighted by Gasteiger charge is 2.44. The van der Waals surface area contributed by atoms with Crippen molar-refractivity contribution < 1.29 is 9.53 Å². The fraction of sp³-hybridized carbons (Fsp3) is 0.875. The van der Waals surface area contributed by atoms with Crippen LogP contribution in [0.15, 0.2) is 0 Å². The lowest BCUT2D eigenvalue weighted by Gasteiger charge is -2.39. The van der Waals surface area contributed by atoms with E-state index in [1.165, 1.54) is 0 Å². The van der Waals surface area contributed by atoms with Gasteiger partial charge in [0, 0.05) is 7.05 Å². The highest BCUT2D eigenvalue weighted by Crippen LogP contribution is 2.35. The Bertz CT molecular complexity index is 166. The molecule has 1 saturated carbocycles. The predicted octanol–water partition coefficient (Wildman–Crippen LogP) is -0.151. The summed E-state index contributed by atoms with van der Waals surface area (Å²) in [6.45, 7) is 0.438. The highest BCUT2D eigenvalue weighted by atomic mass is 16.5. The van der Waals surface area contributed by atoms with Gasteiger partial charge in [-0.1, -0.05) is 0 Å². The first-order valence-corrected chi connectivity index (χ1v) is 4.26. The molecule has 1 fully saturated rings. The number of carbonyl (C=O) groups is 1. The van der Waals surface area contributed by atoms with Gasteiger partial charge in [-0.2, -0.15) is 0 Å². The Morgan fingerprint density at radius 2 is 2.17 bits per heavy atom. The minimum Gasteiger partial charge on any atom is -0.357 e. The van der Waals surface area contributed by atoms with Crippen LogP contribution in [0.5, 0.6) is 0 Å². The molecule has 1 amide bonds. The summed E-state index contributed by atoms with van der Waals surface area (Å²) in [7, 11) is 3.45. The summed E-state index contributed by atoms with van der Waals surface area (Å²) >= 11 is 0. The van der Waals surface area contributed by atoms with Crippen molar-refractivity contribution in [3.63, 3.8) is 0 Å². The molecule has 70 valence electrons. The maximum absolute atomic E-state index is 11.4. The van der Waals surface area contributed by atoms with Gasteiger partial charge in [-0.3, -0.25) is 10.1 Å². The molecule has 0 atom stereocenters. The van der Waals surface area contributed by atoms with Crippen molar-refractivity contribution in [2.24, 2.45) is 0 Å². The zero-order chi connectivity index (χ0) is 9.03. The molecule has 0 aliphatic heterocycles. The molecule has 1 aliphatic rings. The van der Waals surface area contributed by atoms with Gasteiger partial charge in [0.2, 0.25) is 0 Å². The molecule has 1 aliphatic carbocycles. The molecular weight excluding hydrogens is 156 g/mol. The van der Waals surface area contributed by atoms with Crippen LogP contribution in [0.1, 0.15) is 19.3 Å². The summed E-state index contributed by atoms with van der Waals surface area (Å²) in [5.41, 5.74) is -0.530. The molecular formula is C8H16N2O2. The largest absolute Gasteiger partial charge is 0.357 e. The Morgan fingerprint density at radius 3 is 2.50 bits per heavy atom. The molecule has 0 aromatic rings. The Labute approximate surface area is 72.7 Å². The lowest BCUT2D eigenvalue weighted by Crippen LogP contribution is -2.53. The van der Waals surface area contributed by atoms with Crippen LogP contribution < -0.4 is 10.6 Å². The first-order chi connectivity index (χ1) is 5.75. The summed E-state index contributed by atoms with van der Waals surface area (Å²) in [4.78, 5) is 11.4. The van der Waals surface area contributed by atoms with Gasteiger partial charge in [-0.05, 0) is 26.3 Å². The fourth-order valence-corrected chi connectivity index (χ4v) is 1.37. The van der Waals surface area contributed by atoms with Crippen LogP contribution in [0.4, 0.5) is 0 Å². The van der Waals surface area contributed by atoms with E-state index in [2.05, 4.69) is 10.6 Å². The molecule has 0 spiro atoms. The van der Waals surface area contributed by atoms with Gasteiger partial charge in [0.25, 0.3) is 5.91 Å². The monoisotopic (exact) mass is 172 g/mol. The molecule has 0 unspecified atom stereocenters.